The van der Waals surface area contributed by atoms with Crippen LogP contribution in [0.15, 0.2) is 12.1 Å². The van der Waals surface area contributed by atoms with Crippen LogP contribution >= 0.6 is 0 Å². The fraction of sp³-hybridized carbons (Fsp3) is 0.600. The average Bonchev–Trinajstić information content (AvgIpc) is 2.34. The second-order valence-electron chi connectivity index (χ2n) is 4.70. The summed E-state index contributed by atoms with van der Waals surface area (Å²) in [6.45, 7) is 7.17. The number of hydrogen-bond acceptors (Lipinski definition) is 3. The molecule has 0 saturated heterocycles. The van der Waals surface area contributed by atoms with Crippen molar-refractivity contribution in [3.05, 3.63) is 28.8 Å². The Bertz CT molecular complexity index is 377. The fourth-order valence-corrected chi connectivity index (χ4v) is 2.23. The molecule has 1 atom stereocenters. The van der Waals surface area contributed by atoms with Gasteiger partial charge in [0.05, 0.1) is 6.61 Å². The van der Waals surface area contributed by atoms with Crippen molar-refractivity contribution in [2.24, 2.45) is 0 Å². The number of ether oxygens (including phenoxy) is 1. The lowest BCUT2D eigenvalue weighted by Gasteiger charge is -2.22. The van der Waals surface area contributed by atoms with E-state index in [1.807, 2.05) is 7.05 Å². The highest BCUT2D eigenvalue weighted by molar-refractivity contribution is 5.45. The van der Waals surface area contributed by atoms with E-state index in [0.717, 1.165) is 29.9 Å². The van der Waals surface area contributed by atoms with E-state index in [-0.39, 0.29) is 12.6 Å². The van der Waals surface area contributed by atoms with Crippen molar-refractivity contribution in [2.45, 2.75) is 39.7 Å². The smallest absolute Gasteiger partial charge is 0.126 e. The molecule has 0 saturated carbocycles. The summed E-state index contributed by atoms with van der Waals surface area (Å²) in [5.41, 5.74) is 3.54. The van der Waals surface area contributed by atoms with Crippen molar-refractivity contribution >= 4 is 0 Å². The molecule has 0 aliphatic heterocycles. The number of rotatable bonds is 7. The van der Waals surface area contributed by atoms with Crippen molar-refractivity contribution in [3.63, 3.8) is 0 Å². The van der Waals surface area contributed by atoms with Crippen molar-refractivity contribution in [1.82, 2.24) is 5.32 Å². The Hall–Kier alpha value is -1.06. The van der Waals surface area contributed by atoms with E-state index in [2.05, 4.69) is 38.2 Å². The third-order valence-corrected chi connectivity index (χ3v) is 3.04. The first kappa shape index (κ1) is 15.0. The molecular formula is C15H25NO2. The van der Waals surface area contributed by atoms with Gasteiger partial charge >= 0.3 is 0 Å². The van der Waals surface area contributed by atoms with Crippen LogP contribution in [-0.4, -0.2) is 25.4 Å². The summed E-state index contributed by atoms with van der Waals surface area (Å²) in [7, 11) is 1.92. The van der Waals surface area contributed by atoms with Crippen LogP contribution < -0.4 is 10.1 Å². The van der Waals surface area contributed by atoms with Crippen LogP contribution in [-0.2, 0) is 0 Å². The van der Waals surface area contributed by atoms with Gasteiger partial charge in [-0.25, -0.2) is 0 Å². The quantitative estimate of drug-likeness (QED) is 0.783. The van der Waals surface area contributed by atoms with Gasteiger partial charge in [-0.3, -0.25) is 0 Å². The first-order chi connectivity index (χ1) is 8.63. The molecule has 18 heavy (non-hydrogen) atoms. The summed E-state index contributed by atoms with van der Waals surface area (Å²) in [6, 6.07) is 4.43. The van der Waals surface area contributed by atoms with Crippen LogP contribution in [0.25, 0.3) is 0 Å². The predicted molar refractivity (Wildman–Crippen MR) is 75.2 cm³/mol. The zero-order valence-corrected chi connectivity index (χ0v) is 11.9. The maximum atomic E-state index is 9.15. The molecule has 0 bridgehead atoms. The Morgan fingerprint density at radius 1 is 1.33 bits per heavy atom. The molecule has 0 spiro atoms. The molecule has 3 heteroatoms. The molecule has 1 rings (SSSR count). The maximum absolute atomic E-state index is 9.15. The number of hydrogen-bond donors (Lipinski definition) is 2. The Morgan fingerprint density at radius 3 is 2.61 bits per heavy atom. The first-order valence-electron chi connectivity index (χ1n) is 6.66. The minimum atomic E-state index is 0.139. The molecule has 0 aliphatic carbocycles. The normalized spacial score (nSPS) is 12.5. The fourth-order valence-electron chi connectivity index (χ4n) is 2.23. The third-order valence-electron chi connectivity index (χ3n) is 3.04. The van der Waals surface area contributed by atoms with Gasteiger partial charge in [-0.1, -0.05) is 24.6 Å². The summed E-state index contributed by atoms with van der Waals surface area (Å²) < 4.78 is 5.88. The van der Waals surface area contributed by atoms with Crippen molar-refractivity contribution in [3.8, 4) is 5.75 Å². The number of aryl methyl sites for hydroxylation is 2. The molecule has 1 aromatic rings. The molecule has 0 amide bonds. The van der Waals surface area contributed by atoms with Gasteiger partial charge in [-0.15, -0.1) is 0 Å². The summed E-state index contributed by atoms with van der Waals surface area (Å²) >= 11 is 0. The average molecular weight is 251 g/mol. The summed E-state index contributed by atoms with van der Waals surface area (Å²) in [6.07, 6.45) is 1.69. The highest BCUT2D eigenvalue weighted by Gasteiger charge is 2.16. The van der Waals surface area contributed by atoms with E-state index in [1.165, 1.54) is 5.56 Å². The van der Waals surface area contributed by atoms with Gasteiger partial charge in [-0.2, -0.15) is 0 Å². The molecule has 0 fully saturated rings. The van der Waals surface area contributed by atoms with Gasteiger partial charge in [0.2, 0.25) is 0 Å². The SMILES string of the molecule is CCCOc1c(C)cc(C)cc1C(CCO)NC. The van der Waals surface area contributed by atoms with E-state index in [0.29, 0.717) is 6.42 Å². The van der Waals surface area contributed by atoms with Gasteiger partial charge in [0.1, 0.15) is 5.75 Å². The van der Waals surface area contributed by atoms with E-state index < -0.39 is 0 Å². The number of aliphatic hydroxyl groups is 1. The zero-order valence-electron chi connectivity index (χ0n) is 11.9. The van der Waals surface area contributed by atoms with E-state index in [9.17, 15) is 0 Å². The van der Waals surface area contributed by atoms with Gasteiger partial charge in [0, 0.05) is 18.2 Å². The molecule has 0 aromatic heterocycles. The van der Waals surface area contributed by atoms with Gasteiger partial charge in [0.15, 0.2) is 0 Å². The number of aliphatic hydroxyl groups excluding tert-OH is 1. The molecular weight excluding hydrogens is 226 g/mol. The predicted octanol–water partition coefficient (Wildman–Crippen LogP) is 2.74. The van der Waals surface area contributed by atoms with E-state index in [1.54, 1.807) is 0 Å². The van der Waals surface area contributed by atoms with E-state index >= 15 is 0 Å². The molecule has 0 aliphatic rings. The van der Waals surface area contributed by atoms with Crippen LogP contribution in [0.5, 0.6) is 5.75 Å². The summed E-state index contributed by atoms with van der Waals surface area (Å²) in [5.74, 6) is 0.968. The Morgan fingerprint density at radius 2 is 2.06 bits per heavy atom. The third kappa shape index (κ3) is 3.72. The summed E-state index contributed by atoms with van der Waals surface area (Å²) in [4.78, 5) is 0. The molecule has 3 nitrogen and oxygen atoms in total. The molecule has 0 heterocycles. The van der Waals surface area contributed by atoms with Gasteiger partial charge < -0.3 is 15.2 Å². The lowest BCUT2D eigenvalue weighted by atomic mass is 9.97. The molecule has 2 N–H and O–H groups in total. The van der Waals surface area contributed by atoms with Crippen LogP contribution in [0.2, 0.25) is 0 Å². The molecule has 102 valence electrons. The molecule has 1 aromatic carbocycles. The monoisotopic (exact) mass is 251 g/mol. The van der Waals surface area contributed by atoms with E-state index in [4.69, 9.17) is 9.84 Å². The molecule has 0 radical (unpaired) electrons. The van der Waals surface area contributed by atoms with Crippen LogP contribution in [0, 0.1) is 13.8 Å². The van der Waals surface area contributed by atoms with Crippen molar-refractivity contribution < 1.29 is 9.84 Å². The largest absolute Gasteiger partial charge is 0.493 e. The second-order valence-corrected chi connectivity index (χ2v) is 4.70. The lowest BCUT2D eigenvalue weighted by Crippen LogP contribution is -2.19. The Balaban J connectivity index is 3.12. The van der Waals surface area contributed by atoms with Gasteiger partial charge in [-0.05, 0) is 39.3 Å². The minimum absolute atomic E-state index is 0.139. The van der Waals surface area contributed by atoms with Crippen LogP contribution in [0.1, 0.15) is 42.5 Å². The maximum Gasteiger partial charge on any atom is 0.126 e. The highest BCUT2D eigenvalue weighted by Crippen LogP contribution is 2.32. The first-order valence-corrected chi connectivity index (χ1v) is 6.66. The Kier molecular flexibility index (Phi) is 6.16. The number of benzene rings is 1. The highest BCUT2D eigenvalue weighted by atomic mass is 16.5. The second kappa shape index (κ2) is 7.39. The minimum Gasteiger partial charge on any atom is -0.493 e. The van der Waals surface area contributed by atoms with Gasteiger partial charge in [0.25, 0.3) is 0 Å². The standard InChI is InChI=1S/C15H25NO2/c1-5-8-18-15-12(3)9-11(2)10-13(15)14(16-4)6-7-17/h9-10,14,16-17H,5-8H2,1-4H3. The molecule has 1 unspecified atom stereocenters. The number of nitrogens with one attached hydrogen (secondary N) is 1. The lowest BCUT2D eigenvalue weighted by molar-refractivity contribution is 0.263. The zero-order chi connectivity index (χ0) is 13.5. The topological polar surface area (TPSA) is 41.5 Å². The summed E-state index contributed by atoms with van der Waals surface area (Å²) in [5, 5.41) is 12.4. The van der Waals surface area contributed by atoms with Crippen molar-refractivity contribution in [1.29, 1.82) is 0 Å². The van der Waals surface area contributed by atoms with Crippen molar-refractivity contribution in [2.75, 3.05) is 20.3 Å². The van der Waals surface area contributed by atoms with Crippen LogP contribution in [0.3, 0.4) is 0 Å². The Labute approximate surface area is 110 Å². The van der Waals surface area contributed by atoms with Crippen LogP contribution in [0.4, 0.5) is 0 Å².